The first-order valence-electron chi connectivity index (χ1n) is 5.70. The van der Waals surface area contributed by atoms with Crippen LogP contribution in [0.3, 0.4) is 0 Å². The molecule has 1 aromatic carbocycles. The third-order valence-corrected chi connectivity index (χ3v) is 4.14. The summed E-state index contributed by atoms with van der Waals surface area (Å²) in [6.07, 6.45) is 1.36. The summed E-state index contributed by atoms with van der Waals surface area (Å²) in [5, 5.41) is 3.22. The molecular weight excluding hydrogens is 330 g/mol. The lowest BCUT2D eigenvalue weighted by molar-refractivity contribution is 0.612. The van der Waals surface area contributed by atoms with Crippen LogP contribution in [0.25, 0.3) is 0 Å². The van der Waals surface area contributed by atoms with E-state index in [1.54, 1.807) is 0 Å². The second-order valence-electron chi connectivity index (χ2n) is 4.35. The molecule has 0 radical (unpaired) electrons. The second kappa shape index (κ2) is 5.75. The number of nitrogens with zero attached hydrogens (tertiary/aromatic N) is 1. The monoisotopic (exact) mass is 341 g/mol. The van der Waals surface area contributed by atoms with Gasteiger partial charge in [-0.05, 0) is 28.4 Å². The van der Waals surface area contributed by atoms with Gasteiger partial charge in [0.1, 0.15) is 10.3 Å². The Hall–Kier alpha value is -1.33. The van der Waals surface area contributed by atoms with Crippen molar-refractivity contribution in [1.29, 1.82) is 0 Å². The van der Waals surface area contributed by atoms with Crippen LogP contribution in [0.15, 0.2) is 45.9 Å². The number of hydrogen-bond acceptors (Lipinski definition) is 3. The van der Waals surface area contributed by atoms with Crippen LogP contribution < -0.4 is 10.9 Å². The van der Waals surface area contributed by atoms with Gasteiger partial charge in [0, 0.05) is 5.88 Å². The number of benzene rings is 1. The van der Waals surface area contributed by atoms with Crippen LogP contribution in [0.4, 0.5) is 5.82 Å². The van der Waals surface area contributed by atoms with Crippen molar-refractivity contribution < 1.29 is 0 Å². The molecule has 4 nitrogen and oxygen atoms in total. The molecule has 2 aromatic rings. The highest BCUT2D eigenvalue weighted by Gasteiger charge is 2.26. The maximum absolute atomic E-state index is 11.5. The van der Waals surface area contributed by atoms with E-state index in [-0.39, 0.29) is 5.56 Å². The molecule has 6 heteroatoms. The van der Waals surface area contributed by atoms with Crippen LogP contribution in [-0.4, -0.2) is 15.8 Å². The number of hydrogen-bond donors (Lipinski definition) is 2. The number of halogens is 2. The number of nitrogens with one attached hydrogen (secondary N) is 2. The number of anilines is 1. The summed E-state index contributed by atoms with van der Waals surface area (Å²) in [7, 11) is 0. The number of alkyl halides is 1. The summed E-state index contributed by atoms with van der Waals surface area (Å²) in [6, 6.07) is 9.80. The quantitative estimate of drug-likeness (QED) is 0.840. The van der Waals surface area contributed by atoms with Crippen molar-refractivity contribution in [3.05, 3.63) is 57.0 Å². The minimum atomic E-state index is -0.508. The highest BCUT2D eigenvalue weighted by Crippen LogP contribution is 2.28. The summed E-state index contributed by atoms with van der Waals surface area (Å²) < 4.78 is 0.363. The predicted molar refractivity (Wildman–Crippen MR) is 80.7 cm³/mol. The normalized spacial score (nSPS) is 13.8. The highest BCUT2D eigenvalue weighted by atomic mass is 79.9. The molecule has 100 valence electrons. The predicted octanol–water partition coefficient (Wildman–Crippen LogP) is 3.10. The summed E-state index contributed by atoms with van der Waals surface area (Å²) in [4.78, 5) is 18.2. The van der Waals surface area contributed by atoms with Gasteiger partial charge in [0.05, 0.1) is 11.9 Å². The molecule has 1 aromatic heterocycles. The zero-order chi connectivity index (χ0) is 13.9. The first kappa shape index (κ1) is 14.1. The van der Waals surface area contributed by atoms with Crippen molar-refractivity contribution in [3.63, 3.8) is 0 Å². The van der Waals surface area contributed by atoms with Gasteiger partial charge in [0.15, 0.2) is 0 Å². The molecule has 0 aliphatic heterocycles. The van der Waals surface area contributed by atoms with Gasteiger partial charge >= 0.3 is 0 Å². The van der Waals surface area contributed by atoms with Gasteiger partial charge < -0.3 is 10.3 Å². The number of aromatic amines is 1. The Labute approximate surface area is 124 Å². The molecule has 19 heavy (non-hydrogen) atoms. The van der Waals surface area contributed by atoms with Gasteiger partial charge in [-0.1, -0.05) is 30.3 Å². The van der Waals surface area contributed by atoms with E-state index in [0.29, 0.717) is 16.2 Å². The van der Waals surface area contributed by atoms with E-state index in [1.165, 1.54) is 6.33 Å². The Bertz CT molecular complexity index is 617. The topological polar surface area (TPSA) is 57.8 Å². The minimum absolute atomic E-state index is 0.234. The van der Waals surface area contributed by atoms with Crippen LogP contribution >= 0.6 is 27.5 Å². The van der Waals surface area contributed by atoms with Crippen molar-refractivity contribution in [2.24, 2.45) is 0 Å². The fourth-order valence-electron chi connectivity index (χ4n) is 1.72. The van der Waals surface area contributed by atoms with Gasteiger partial charge in [-0.25, -0.2) is 4.98 Å². The Morgan fingerprint density at radius 1 is 1.42 bits per heavy atom. The molecule has 1 atom stereocenters. The molecule has 0 bridgehead atoms. The molecule has 0 aliphatic carbocycles. The van der Waals surface area contributed by atoms with Crippen LogP contribution in [0.1, 0.15) is 12.5 Å². The smallest absolute Gasteiger partial charge is 0.267 e. The zero-order valence-electron chi connectivity index (χ0n) is 10.3. The molecule has 2 rings (SSSR count). The van der Waals surface area contributed by atoms with Gasteiger partial charge in [-0.2, -0.15) is 0 Å². The van der Waals surface area contributed by atoms with Crippen molar-refractivity contribution in [1.82, 2.24) is 9.97 Å². The van der Waals surface area contributed by atoms with Gasteiger partial charge in [0.25, 0.3) is 5.56 Å². The van der Waals surface area contributed by atoms with E-state index in [2.05, 4.69) is 31.2 Å². The van der Waals surface area contributed by atoms with Gasteiger partial charge in [0.2, 0.25) is 0 Å². The second-order valence-corrected chi connectivity index (χ2v) is 5.41. The summed E-state index contributed by atoms with van der Waals surface area (Å²) in [5.74, 6) is 0.813. The van der Waals surface area contributed by atoms with Crippen molar-refractivity contribution >= 4 is 33.3 Å². The van der Waals surface area contributed by atoms with Crippen LogP contribution in [0, 0.1) is 0 Å². The van der Waals surface area contributed by atoms with Crippen LogP contribution in [-0.2, 0) is 5.54 Å². The van der Waals surface area contributed by atoms with E-state index >= 15 is 0 Å². The highest BCUT2D eigenvalue weighted by molar-refractivity contribution is 9.10. The Morgan fingerprint density at radius 3 is 2.74 bits per heavy atom. The molecule has 0 aliphatic rings. The zero-order valence-corrected chi connectivity index (χ0v) is 12.6. The largest absolute Gasteiger partial charge is 0.358 e. The number of aromatic nitrogens is 2. The molecule has 0 amide bonds. The third-order valence-electron chi connectivity index (χ3n) is 2.87. The summed E-state index contributed by atoms with van der Waals surface area (Å²) in [5.41, 5.74) is 0.285. The maximum atomic E-state index is 11.5. The molecule has 0 fully saturated rings. The molecule has 0 saturated heterocycles. The molecule has 0 spiro atoms. The minimum Gasteiger partial charge on any atom is -0.358 e. The Kier molecular flexibility index (Phi) is 4.27. The van der Waals surface area contributed by atoms with Crippen molar-refractivity contribution in [2.45, 2.75) is 12.5 Å². The van der Waals surface area contributed by atoms with E-state index in [9.17, 15) is 4.79 Å². The van der Waals surface area contributed by atoms with E-state index in [4.69, 9.17) is 11.6 Å². The molecule has 1 heterocycles. The average molecular weight is 343 g/mol. The van der Waals surface area contributed by atoms with Crippen LogP contribution in [0.5, 0.6) is 0 Å². The Morgan fingerprint density at radius 2 is 2.11 bits per heavy atom. The van der Waals surface area contributed by atoms with Crippen LogP contribution in [0.2, 0.25) is 0 Å². The van der Waals surface area contributed by atoms with Gasteiger partial charge in [-0.3, -0.25) is 4.79 Å². The maximum Gasteiger partial charge on any atom is 0.267 e. The third kappa shape index (κ3) is 2.98. The lowest BCUT2D eigenvalue weighted by atomic mass is 9.94. The number of rotatable bonds is 4. The average Bonchev–Trinajstić information content (AvgIpc) is 2.45. The van der Waals surface area contributed by atoms with E-state index < -0.39 is 5.54 Å². The molecule has 1 unspecified atom stereocenters. The molecule has 2 N–H and O–H groups in total. The SMILES string of the molecule is CC(CCl)(Nc1nc[nH]c(=O)c1Br)c1ccccc1. The van der Waals surface area contributed by atoms with Crippen molar-refractivity contribution in [2.75, 3.05) is 11.2 Å². The van der Waals surface area contributed by atoms with E-state index in [1.807, 2.05) is 37.3 Å². The standard InChI is InChI=1S/C13H13BrClN3O/c1-13(7-15,9-5-3-2-4-6-9)18-11-10(14)12(19)17-8-16-11/h2-6,8H,7H2,1H3,(H2,16,17,18,19). The lowest BCUT2D eigenvalue weighted by Crippen LogP contribution is -2.35. The fraction of sp³-hybridized carbons (Fsp3) is 0.231. The molecular formula is C13H13BrClN3O. The molecule has 0 saturated carbocycles. The summed E-state index contributed by atoms with van der Waals surface area (Å²) >= 11 is 9.32. The number of H-pyrrole nitrogens is 1. The first-order valence-corrected chi connectivity index (χ1v) is 7.02. The van der Waals surface area contributed by atoms with Crippen molar-refractivity contribution in [3.8, 4) is 0 Å². The summed E-state index contributed by atoms with van der Waals surface area (Å²) in [6.45, 7) is 1.96. The fourth-order valence-corrected chi connectivity index (χ4v) is 2.26. The van der Waals surface area contributed by atoms with E-state index in [0.717, 1.165) is 5.56 Å². The first-order chi connectivity index (χ1) is 9.07. The Balaban J connectivity index is 2.39. The van der Waals surface area contributed by atoms with Gasteiger partial charge in [-0.15, -0.1) is 11.6 Å². The lowest BCUT2D eigenvalue weighted by Gasteiger charge is -2.30.